The van der Waals surface area contributed by atoms with Gasteiger partial charge in [0.2, 0.25) is 0 Å². The minimum absolute atomic E-state index is 0.238. The molecule has 0 atom stereocenters. The van der Waals surface area contributed by atoms with E-state index in [1.165, 1.54) is 6.07 Å². The van der Waals surface area contributed by atoms with Gasteiger partial charge in [-0.05, 0) is 31.2 Å². The Hall–Kier alpha value is -2.86. The molecule has 21 heavy (non-hydrogen) atoms. The number of nitriles is 1. The molecule has 2 nitrogen and oxygen atoms in total. The van der Waals surface area contributed by atoms with Crippen LogP contribution in [-0.2, 0) is 0 Å². The minimum Gasteiger partial charge on any atom is -0.355 e. The van der Waals surface area contributed by atoms with Crippen LogP contribution in [0.5, 0.6) is 0 Å². The summed E-state index contributed by atoms with van der Waals surface area (Å²) in [7, 11) is 0. The third-order valence-corrected chi connectivity index (χ3v) is 3.58. The Morgan fingerprint density at radius 2 is 1.67 bits per heavy atom. The fraction of sp³-hybridized carbons (Fsp3) is 0.0556. The summed E-state index contributed by atoms with van der Waals surface area (Å²) in [6, 6.07) is 18.5. The molecule has 0 saturated heterocycles. The van der Waals surface area contributed by atoms with E-state index < -0.39 is 0 Å². The Labute approximate surface area is 122 Å². The lowest BCUT2D eigenvalue weighted by atomic mass is 10.0. The van der Waals surface area contributed by atoms with E-state index in [-0.39, 0.29) is 5.82 Å². The van der Waals surface area contributed by atoms with E-state index in [1.54, 1.807) is 19.1 Å². The molecule has 3 aromatic carbocycles. The highest BCUT2D eigenvalue weighted by molar-refractivity contribution is 5.98. The average molecular weight is 276 g/mol. The van der Waals surface area contributed by atoms with Crippen LogP contribution < -0.4 is 5.32 Å². The third-order valence-electron chi connectivity index (χ3n) is 3.58. The maximum atomic E-state index is 13.6. The Balaban J connectivity index is 2.14. The minimum atomic E-state index is -0.238. The van der Waals surface area contributed by atoms with Crippen LogP contribution in [0.15, 0.2) is 54.6 Å². The smallest absolute Gasteiger partial charge is 0.128 e. The first-order valence-electron chi connectivity index (χ1n) is 6.64. The quantitative estimate of drug-likeness (QED) is 0.722. The van der Waals surface area contributed by atoms with Crippen LogP contribution in [0, 0.1) is 24.1 Å². The first kappa shape index (κ1) is 13.1. The van der Waals surface area contributed by atoms with Crippen molar-refractivity contribution in [3.8, 4) is 6.07 Å². The van der Waals surface area contributed by atoms with E-state index >= 15 is 0 Å². The summed E-state index contributed by atoms with van der Waals surface area (Å²) in [5, 5.41) is 14.3. The van der Waals surface area contributed by atoms with Crippen molar-refractivity contribution < 1.29 is 4.39 Å². The van der Waals surface area contributed by atoms with Crippen LogP contribution in [0.4, 0.5) is 15.8 Å². The van der Waals surface area contributed by atoms with Gasteiger partial charge in [-0.15, -0.1) is 0 Å². The predicted molar refractivity (Wildman–Crippen MR) is 83.1 cm³/mol. The molecule has 3 rings (SSSR count). The fourth-order valence-electron chi connectivity index (χ4n) is 2.39. The molecule has 102 valence electrons. The van der Waals surface area contributed by atoms with E-state index in [0.717, 1.165) is 22.1 Å². The summed E-state index contributed by atoms with van der Waals surface area (Å²) in [6.07, 6.45) is 0. The molecule has 1 N–H and O–H groups in total. The standard InChI is InChI=1S/C18H13FN2/c1-12-16(19)7-4-8-17(12)21-18-10-9-13(11-20)14-5-2-3-6-15(14)18/h2-10,21H,1H3. The molecule has 0 heterocycles. The molecule has 0 aliphatic heterocycles. The zero-order chi connectivity index (χ0) is 14.8. The second kappa shape index (κ2) is 5.26. The fourth-order valence-corrected chi connectivity index (χ4v) is 2.39. The predicted octanol–water partition coefficient (Wildman–Crippen LogP) is 4.90. The van der Waals surface area contributed by atoms with Crippen molar-refractivity contribution in [2.45, 2.75) is 6.92 Å². The molecule has 0 aromatic heterocycles. The maximum Gasteiger partial charge on any atom is 0.128 e. The zero-order valence-corrected chi connectivity index (χ0v) is 11.5. The van der Waals surface area contributed by atoms with Gasteiger partial charge in [0.05, 0.1) is 11.6 Å². The largest absolute Gasteiger partial charge is 0.355 e. The van der Waals surface area contributed by atoms with Crippen molar-refractivity contribution in [1.29, 1.82) is 5.26 Å². The third kappa shape index (κ3) is 2.32. The monoisotopic (exact) mass is 276 g/mol. The van der Waals surface area contributed by atoms with Crippen LogP contribution >= 0.6 is 0 Å². The highest BCUT2D eigenvalue weighted by Gasteiger charge is 2.08. The van der Waals surface area contributed by atoms with Crippen molar-refractivity contribution in [2.75, 3.05) is 5.32 Å². The van der Waals surface area contributed by atoms with Gasteiger partial charge >= 0.3 is 0 Å². The first-order chi connectivity index (χ1) is 10.2. The zero-order valence-electron chi connectivity index (χ0n) is 11.5. The van der Waals surface area contributed by atoms with Crippen LogP contribution in [-0.4, -0.2) is 0 Å². The lowest BCUT2D eigenvalue weighted by molar-refractivity contribution is 0.619. The topological polar surface area (TPSA) is 35.8 Å². The molecule has 0 fully saturated rings. The molecule has 3 aromatic rings. The second-order valence-electron chi connectivity index (χ2n) is 4.86. The van der Waals surface area contributed by atoms with Crippen molar-refractivity contribution in [2.24, 2.45) is 0 Å². The lowest BCUT2D eigenvalue weighted by Gasteiger charge is -2.13. The van der Waals surface area contributed by atoms with Crippen molar-refractivity contribution >= 4 is 22.1 Å². The number of fused-ring (bicyclic) bond motifs is 1. The molecule has 0 aliphatic carbocycles. The molecular formula is C18H13FN2. The summed E-state index contributed by atoms with van der Waals surface area (Å²) in [5.74, 6) is -0.238. The van der Waals surface area contributed by atoms with Gasteiger partial charge in [-0.3, -0.25) is 0 Å². The van der Waals surface area contributed by atoms with E-state index in [4.69, 9.17) is 0 Å². The Kier molecular flexibility index (Phi) is 3.29. The van der Waals surface area contributed by atoms with E-state index in [9.17, 15) is 9.65 Å². The number of nitrogens with one attached hydrogen (secondary N) is 1. The van der Waals surface area contributed by atoms with E-state index in [1.807, 2.05) is 36.4 Å². The van der Waals surface area contributed by atoms with Gasteiger partial charge in [0.25, 0.3) is 0 Å². The Morgan fingerprint density at radius 1 is 0.905 bits per heavy atom. The number of benzene rings is 3. The number of rotatable bonds is 2. The number of hydrogen-bond acceptors (Lipinski definition) is 2. The molecule has 0 bridgehead atoms. The molecule has 0 saturated carbocycles. The van der Waals surface area contributed by atoms with Crippen molar-refractivity contribution in [3.63, 3.8) is 0 Å². The first-order valence-corrected chi connectivity index (χ1v) is 6.64. The summed E-state index contributed by atoms with van der Waals surface area (Å²) < 4.78 is 13.6. The number of halogens is 1. The molecule has 3 heteroatoms. The van der Waals surface area contributed by atoms with Gasteiger partial charge in [-0.1, -0.05) is 30.3 Å². The number of anilines is 2. The molecule has 0 unspecified atom stereocenters. The van der Waals surface area contributed by atoms with Crippen molar-refractivity contribution in [1.82, 2.24) is 0 Å². The van der Waals surface area contributed by atoms with Crippen LogP contribution in [0.1, 0.15) is 11.1 Å². The Bertz CT molecular complexity index is 863. The highest BCUT2D eigenvalue weighted by atomic mass is 19.1. The number of hydrogen-bond donors (Lipinski definition) is 1. The summed E-state index contributed by atoms with van der Waals surface area (Å²) in [5.41, 5.74) is 2.79. The van der Waals surface area contributed by atoms with Crippen molar-refractivity contribution in [3.05, 3.63) is 71.5 Å². The van der Waals surface area contributed by atoms with Gasteiger partial charge in [0, 0.05) is 27.7 Å². The van der Waals surface area contributed by atoms with Crippen LogP contribution in [0.3, 0.4) is 0 Å². The van der Waals surface area contributed by atoms with Gasteiger partial charge in [-0.2, -0.15) is 5.26 Å². The Morgan fingerprint density at radius 3 is 2.43 bits per heavy atom. The number of nitrogens with zero attached hydrogens (tertiary/aromatic N) is 1. The highest BCUT2D eigenvalue weighted by Crippen LogP contribution is 2.30. The molecular weight excluding hydrogens is 263 g/mol. The van der Waals surface area contributed by atoms with Gasteiger partial charge in [-0.25, -0.2) is 4.39 Å². The van der Waals surface area contributed by atoms with Crippen LogP contribution in [0.25, 0.3) is 10.8 Å². The van der Waals surface area contributed by atoms with Gasteiger partial charge < -0.3 is 5.32 Å². The molecule has 0 spiro atoms. The molecule has 0 aliphatic rings. The normalized spacial score (nSPS) is 10.3. The molecule has 0 radical (unpaired) electrons. The summed E-state index contributed by atoms with van der Waals surface area (Å²) in [4.78, 5) is 0. The van der Waals surface area contributed by atoms with E-state index in [0.29, 0.717) is 11.1 Å². The van der Waals surface area contributed by atoms with Gasteiger partial charge in [0.15, 0.2) is 0 Å². The SMILES string of the molecule is Cc1c(F)cccc1Nc1ccc(C#N)c2ccccc12. The average Bonchev–Trinajstić information content (AvgIpc) is 2.52. The summed E-state index contributed by atoms with van der Waals surface area (Å²) in [6.45, 7) is 1.74. The lowest BCUT2D eigenvalue weighted by Crippen LogP contribution is -1.96. The second-order valence-corrected chi connectivity index (χ2v) is 4.86. The molecule has 0 amide bonds. The van der Waals surface area contributed by atoms with E-state index in [2.05, 4.69) is 11.4 Å². The summed E-state index contributed by atoms with van der Waals surface area (Å²) >= 11 is 0. The van der Waals surface area contributed by atoms with Gasteiger partial charge in [0.1, 0.15) is 5.82 Å². The van der Waals surface area contributed by atoms with Crippen LogP contribution in [0.2, 0.25) is 0 Å². The maximum absolute atomic E-state index is 13.6.